The van der Waals surface area contributed by atoms with Gasteiger partial charge in [-0.2, -0.15) is 0 Å². The predicted molar refractivity (Wildman–Crippen MR) is 66.5 cm³/mol. The van der Waals surface area contributed by atoms with Crippen LogP contribution < -0.4 is 0 Å². The summed E-state index contributed by atoms with van der Waals surface area (Å²) < 4.78 is 0. The lowest BCUT2D eigenvalue weighted by Crippen LogP contribution is -2.48. The van der Waals surface area contributed by atoms with Crippen molar-refractivity contribution in [3.63, 3.8) is 0 Å². The lowest BCUT2D eigenvalue weighted by atomic mass is 9.48. The van der Waals surface area contributed by atoms with Gasteiger partial charge in [0.05, 0.1) is 0 Å². The number of hydrogen-bond acceptors (Lipinski definition) is 0. The Morgan fingerprint density at radius 2 is 1.87 bits per heavy atom. The molecular weight excluding hydrogens is 180 g/mol. The van der Waals surface area contributed by atoms with Crippen molar-refractivity contribution in [2.45, 2.75) is 52.9 Å². The van der Waals surface area contributed by atoms with E-state index < -0.39 is 0 Å². The van der Waals surface area contributed by atoms with Gasteiger partial charge in [-0.05, 0) is 55.3 Å². The van der Waals surface area contributed by atoms with Gasteiger partial charge in [0.25, 0.3) is 0 Å². The highest BCUT2D eigenvalue weighted by atomic mass is 14.6. The van der Waals surface area contributed by atoms with E-state index in [0.717, 1.165) is 5.92 Å². The second-order valence-electron chi connectivity index (χ2n) is 6.65. The summed E-state index contributed by atoms with van der Waals surface area (Å²) in [6, 6.07) is 0. The minimum atomic E-state index is 0.428. The molecule has 0 aromatic heterocycles. The molecule has 1 radical (unpaired) electrons. The highest BCUT2D eigenvalue weighted by molar-refractivity contribution is 5.16. The summed E-state index contributed by atoms with van der Waals surface area (Å²) in [5.74, 6) is 1.34. The Bertz CT molecular complexity index is 274. The first kappa shape index (κ1) is 11.2. The lowest BCUT2D eigenvalue weighted by molar-refractivity contribution is -0.0398. The van der Waals surface area contributed by atoms with E-state index in [1.807, 2.05) is 0 Å². The van der Waals surface area contributed by atoms with E-state index in [4.69, 9.17) is 0 Å². The maximum atomic E-state index is 4.40. The van der Waals surface area contributed by atoms with Crippen molar-refractivity contribution in [3.8, 4) is 0 Å². The standard InChI is InChI=1S/C15H25/c1-11-7-8-13-14(3,4)9-6-10-15(13,5)12(11)2/h12-13H,1-2,6-10H2,3-5H3. The number of hydrogen-bond donors (Lipinski definition) is 0. The van der Waals surface area contributed by atoms with E-state index in [2.05, 4.69) is 34.3 Å². The Labute approximate surface area is 95.1 Å². The van der Waals surface area contributed by atoms with Crippen LogP contribution in [-0.4, -0.2) is 0 Å². The number of rotatable bonds is 0. The van der Waals surface area contributed by atoms with Gasteiger partial charge in [0.2, 0.25) is 0 Å². The summed E-state index contributed by atoms with van der Waals surface area (Å²) in [6.07, 6.45) is 6.67. The third-order valence-electron chi connectivity index (χ3n) is 5.32. The first-order chi connectivity index (χ1) is 6.88. The molecule has 0 saturated heterocycles. The quantitative estimate of drug-likeness (QED) is 0.506. The molecule has 85 valence electrons. The van der Waals surface area contributed by atoms with Crippen LogP contribution in [0.3, 0.4) is 0 Å². The monoisotopic (exact) mass is 205 g/mol. The second-order valence-corrected chi connectivity index (χ2v) is 6.65. The zero-order valence-corrected chi connectivity index (χ0v) is 10.6. The van der Waals surface area contributed by atoms with Crippen LogP contribution in [0.4, 0.5) is 0 Å². The Morgan fingerprint density at radius 1 is 1.20 bits per heavy atom. The molecule has 0 bridgehead atoms. The average molecular weight is 205 g/mol. The van der Waals surface area contributed by atoms with Crippen molar-refractivity contribution >= 4 is 0 Å². The van der Waals surface area contributed by atoms with Crippen molar-refractivity contribution in [1.82, 2.24) is 0 Å². The summed E-state index contributed by atoms with van der Waals surface area (Å²) >= 11 is 0. The molecule has 0 aliphatic heterocycles. The van der Waals surface area contributed by atoms with Crippen molar-refractivity contribution in [2.75, 3.05) is 0 Å². The molecule has 0 aromatic carbocycles. The van der Waals surface area contributed by atoms with E-state index in [1.54, 1.807) is 0 Å². The Morgan fingerprint density at radius 3 is 2.53 bits per heavy atom. The molecule has 15 heavy (non-hydrogen) atoms. The molecule has 3 atom stereocenters. The molecule has 2 rings (SSSR count). The Kier molecular flexibility index (Phi) is 2.52. The smallest absolute Gasteiger partial charge is 0.0149 e. The Hall–Kier alpha value is -0.260. The van der Waals surface area contributed by atoms with E-state index in [0.29, 0.717) is 16.7 Å². The van der Waals surface area contributed by atoms with Crippen molar-refractivity contribution in [2.24, 2.45) is 22.7 Å². The molecule has 2 aliphatic rings. The lowest BCUT2D eigenvalue weighted by Gasteiger charge is -2.57. The first-order valence-corrected chi connectivity index (χ1v) is 6.39. The number of fused-ring (bicyclic) bond motifs is 1. The third kappa shape index (κ3) is 1.57. The zero-order chi connectivity index (χ0) is 11.3. The highest BCUT2D eigenvalue weighted by Crippen LogP contribution is 2.60. The van der Waals surface area contributed by atoms with Gasteiger partial charge in [0, 0.05) is 0 Å². The van der Waals surface area contributed by atoms with Crippen LogP contribution in [-0.2, 0) is 0 Å². The largest absolute Gasteiger partial charge is 0.0996 e. The molecule has 0 aromatic rings. The SMILES string of the molecule is [CH2]C1C(=C)CCC2C(C)(C)CCCC12C. The minimum absolute atomic E-state index is 0.428. The summed E-state index contributed by atoms with van der Waals surface area (Å²) in [4.78, 5) is 0. The zero-order valence-electron chi connectivity index (χ0n) is 10.6. The second kappa shape index (κ2) is 3.37. The van der Waals surface area contributed by atoms with Crippen molar-refractivity contribution < 1.29 is 0 Å². The molecule has 3 unspecified atom stereocenters. The van der Waals surface area contributed by atoms with E-state index in [-0.39, 0.29) is 0 Å². The van der Waals surface area contributed by atoms with Gasteiger partial charge >= 0.3 is 0 Å². The fourth-order valence-corrected chi connectivity index (χ4v) is 4.27. The van der Waals surface area contributed by atoms with Gasteiger partial charge in [0.15, 0.2) is 0 Å². The van der Waals surface area contributed by atoms with Crippen LogP contribution in [0, 0.1) is 29.6 Å². The summed E-state index contributed by atoms with van der Waals surface area (Å²) in [7, 11) is 0. The van der Waals surface area contributed by atoms with E-state index >= 15 is 0 Å². The average Bonchev–Trinajstić information content (AvgIpc) is 2.12. The normalized spacial score (nSPS) is 44.9. The van der Waals surface area contributed by atoms with Gasteiger partial charge in [-0.15, -0.1) is 0 Å². The van der Waals surface area contributed by atoms with Gasteiger partial charge in [-0.25, -0.2) is 0 Å². The molecule has 2 fully saturated rings. The summed E-state index contributed by atoms with van der Waals surface area (Å²) in [6.45, 7) is 16.0. The summed E-state index contributed by atoms with van der Waals surface area (Å²) in [5, 5.41) is 0. The maximum absolute atomic E-state index is 4.40. The van der Waals surface area contributed by atoms with Crippen LogP contribution in [0.2, 0.25) is 0 Å². The van der Waals surface area contributed by atoms with E-state index in [1.165, 1.54) is 37.7 Å². The molecular formula is C15H25. The van der Waals surface area contributed by atoms with Gasteiger partial charge in [-0.1, -0.05) is 39.3 Å². The molecule has 0 N–H and O–H groups in total. The molecule has 0 amide bonds. The molecule has 0 heterocycles. The van der Waals surface area contributed by atoms with Crippen LogP contribution in [0.1, 0.15) is 52.9 Å². The molecule has 0 nitrogen and oxygen atoms in total. The van der Waals surface area contributed by atoms with Crippen molar-refractivity contribution in [3.05, 3.63) is 19.1 Å². The Balaban J connectivity index is 2.33. The molecule has 2 aliphatic carbocycles. The minimum Gasteiger partial charge on any atom is -0.0996 e. The molecule has 0 heteroatoms. The maximum Gasteiger partial charge on any atom is -0.0149 e. The fraction of sp³-hybridized carbons (Fsp3) is 0.800. The van der Waals surface area contributed by atoms with Crippen molar-refractivity contribution in [1.29, 1.82) is 0 Å². The van der Waals surface area contributed by atoms with Crippen LogP contribution in [0.15, 0.2) is 12.2 Å². The van der Waals surface area contributed by atoms with E-state index in [9.17, 15) is 0 Å². The topological polar surface area (TPSA) is 0 Å². The molecule has 2 saturated carbocycles. The van der Waals surface area contributed by atoms with Crippen LogP contribution in [0.25, 0.3) is 0 Å². The van der Waals surface area contributed by atoms with Crippen LogP contribution in [0.5, 0.6) is 0 Å². The molecule has 0 spiro atoms. The van der Waals surface area contributed by atoms with Crippen LogP contribution >= 0.6 is 0 Å². The predicted octanol–water partition coefficient (Wildman–Crippen LogP) is 4.62. The highest BCUT2D eigenvalue weighted by Gasteiger charge is 2.51. The first-order valence-electron chi connectivity index (χ1n) is 6.39. The number of allylic oxidation sites excluding steroid dienone is 1. The fourth-order valence-electron chi connectivity index (χ4n) is 4.27. The van der Waals surface area contributed by atoms with Gasteiger partial charge in [-0.3, -0.25) is 0 Å². The van der Waals surface area contributed by atoms with Gasteiger partial charge in [0.1, 0.15) is 0 Å². The summed E-state index contributed by atoms with van der Waals surface area (Å²) in [5.41, 5.74) is 2.34. The van der Waals surface area contributed by atoms with Gasteiger partial charge < -0.3 is 0 Å². The third-order valence-corrected chi connectivity index (χ3v) is 5.32.